The molecule has 0 aliphatic heterocycles. The molecule has 1 heterocycles. The average Bonchev–Trinajstić information content (AvgIpc) is 2.67. The Morgan fingerprint density at radius 1 is 1.13 bits per heavy atom. The molecule has 4 heteroatoms. The first-order valence-corrected chi connectivity index (χ1v) is 7.16. The molecule has 0 saturated heterocycles. The lowest BCUT2D eigenvalue weighted by atomic mass is 10.1. The summed E-state index contributed by atoms with van der Waals surface area (Å²) in [7, 11) is 3.34. The highest BCUT2D eigenvalue weighted by Crippen LogP contribution is 2.29. The second kappa shape index (κ2) is 4.99. The second-order valence-corrected chi connectivity index (χ2v) is 6.08. The molecule has 78 valence electrons. The van der Waals surface area contributed by atoms with Crippen molar-refractivity contribution in [3.63, 3.8) is 0 Å². The monoisotopic (exact) mass is 254 g/mol. The molecule has 2 rings (SSSR count). The third-order valence-electron chi connectivity index (χ3n) is 2.10. The number of aliphatic hydroxyl groups is 1. The molecule has 0 amide bonds. The van der Waals surface area contributed by atoms with Crippen LogP contribution >= 0.6 is 32.9 Å². The van der Waals surface area contributed by atoms with E-state index in [1.54, 1.807) is 20.7 Å². The summed E-state index contributed by atoms with van der Waals surface area (Å²) < 4.78 is 0.939. The van der Waals surface area contributed by atoms with E-state index in [0.29, 0.717) is 0 Å². The number of benzene rings is 1. The molecule has 15 heavy (non-hydrogen) atoms. The van der Waals surface area contributed by atoms with Gasteiger partial charge in [-0.3, -0.25) is 0 Å². The van der Waals surface area contributed by atoms with E-state index in [-0.39, 0.29) is 6.61 Å². The van der Waals surface area contributed by atoms with Crippen LogP contribution in [0, 0.1) is 3.82 Å². The predicted octanol–water partition coefficient (Wildman–Crippen LogP) is 3.74. The van der Waals surface area contributed by atoms with Crippen molar-refractivity contribution in [2.24, 2.45) is 0 Å². The van der Waals surface area contributed by atoms with Gasteiger partial charge in [-0.2, -0.15) is 0 Å². The molecule has 0 saturated carbocycles. The van der Waals surface area contributed by atoms with Crippen molar-refractivity contribution in [1.29, 1.82) is 0 Å². The van der Waals surface area contributed by atoms with Crippen LogP contribution in [0.15, 0.2) is 30.3 Å². The van der Waals surface area contributed by atoms with E-state index in [1.807, 2.05) is 6.07 Å². The SMILES string of the molecule is OCCc1ccc(-c2cc(=S)ss2)cc1. The van der Waals surface area contributed by atoms with Crippen LogP contribution in [0.25, 0.3) is 10.4 Å². The van der Waals surface area contributed by atoms with Crippen LogP contribution in [-0.4, -0.2) is 11.7 Å². The lowest BCUT2D eigenvalue weighted by Gasteiger charge is -2.00. The second-order valence-electron chi connectivity index (χ2n) is 3.16. The molecule has 0 unspecified atom stereocenters. The van der Waals surface area contributed by atoms with Crippen molar-refractivity contribution in [1.82, 2.24) is 0 Å². The maximum atomic E-state index is 8.80. The third kappa shape index (κ3) is 2.72. The Labute approximate surface area is 101 Å². The van der Waals surface area contributed by atoms with E-state index < -0.39 is 0 Å². The summed E-state index contributed by atoms with van der Waals surface area (Å²) in [6.45, 7) is 0.205. The fourth-order valence-electron chi connectivity index (χ4n) is 1.34. The fraction of sp³-hybridized carbons (Fsp3) is 0.182. The molecule has 0 fully saturated rings. The van der Waals surface area contributed by atoms with Gasteiger partial charge in [0.25, 0.3) is 0 Å². The molecule has 0 atom stereocenters. The maximum Gasteiger partial charge on any atom is 0.102 e. The standard InChI is InChI=1S/C11H10OS3/c12-6-5-8-1-3-9(4-2-8)10-7-11(13)15-14-10/h1-4,7,12H,5-6H2. The first-order chi connectivity index (χ1) is 7.29. The number of hydrogen-bond donors (Lipinski definition) is 1. The summed E-state index contributed by atoms with van der Waals surface area (Å²) in [5.41, 5.74) is 2.37. The van der Waals surface area contributed by atoms with Gasteiger partial charge >= 0.3 is 0 Å². The highest BCUT2D eigenvalue weighted by Gasteiger charge is 2.00. The van der Waals surface area contributed by atoms with Crippen LogP contribution in [0.4, 0.5) is 0 Å². The van der Waals surface area contributed by atoms with Gasteiger partial charge in [-0.15, -0.1) is 0 Å². The van der Waals surface area contributed by atoms with Gasteiger partial charge in [0.1, 0.15) is 3.82 Å². The van der Waals surface area contributed by atoms with Gasteiger partial charge in [0.2, 0.25) is 0 Å². The van der Waals surface area contributed by atoms with Gasteiger partial charge in [-0.25, -0.2) is 0 Å². The first kappa shape index (κ1) is 11.0. The van der Waals surface area contributed by atoms with Gasteiger partial charge in [-0.05, 0) is 23.6 Å². The van der Waals surface area contributed by atoms with Gasteiger partial charge < -0.3 is 5.11 Å². The summed E-state index contributed by atoms with van der Waals surface area (Å²) in [6.07, 6.45) is 0.722. The summed E-state index contributed by atoms with van der Waals surface area (Å²) in [5, 5.41) is 8.80. The lowest BCUT2D eigenvalue weighted by Crippen LogP contribution is -1.89. The van der Waals surface area contributed by atoms with Gasteiger partial charge in [0.15, 0.2) is 0 Å². The molecule has 1 aromatic heterocycles. The zero-order valence-corrected chi connectivity index (χ0v) is 10.4. The Balaban J connectivity index is 2.27. The predicted molar refractivity (Wildman–Crippen MR) is 69.3 cm³/mol. The number of aliphatic hydroxyl groups excluding tert-OH is 1. The Hall–Kier alpha value is -0.550. The molecule has 0 spiro atoms. The van der Waals surface area contributed by atoms with Crippen molar-refractivity contribution in [2.45, 2.75) is 6.42 Å². The molecule has 2 aromatic rings. The van der Waals surface area contributed by atoms with E-state index in [9.17, 15) is 0 Å². The largest absolute Gasteiger partial charge is 0.396 e. The average molecular weight is 254 g/mol. The maximum absolute atomic E-state index is 8.80. The highest BCUT2D eigenvalue weighted by atomic mass is 32.9. The quantitative estimate of drug-likeness (QED) is 0.665. The van der Waals surface area contributed by atoms with E-state index in [0.717, 1.165) is 10.2 Å². The van der Waals surface area contributed by atoms with Crippen LogP contribution in [0.3, 0.4) is 0 Å². The number of rotatable bonds is 3. The molecule has 0 radical (unpaired) electrons. The third-order valence-corrected chi connectivity index (χ3v) is 5.01. The normalized spacial score (nSPS) is 10.5. The highest BCUT2D eigenvalue weighted by molar-refractivity contribution is 7.80. The minimum atomic E-state index is 0.205. The molecular formula is C11H10OS3. The van der Waals surface area contributed by atoms with E-state index >= 15 is 0 Å². The molecule has 1 aromatic carbocycles. The van der Waals surface area contributed by atoms with E-state index in [2.05, 4.69) is 24.3 Å². The Morgan fingerprint density at radius 3 is 2.40 bits per heavy atom. The summed E-state index contributed by atoms with van der Waals surface area (Å²) in [6, 6.07) is 10.3. The van der Waals surface area contributed by atoms with Gasteiger partial charge in [0, 0.05) is 11.5 Å². The van der Waals surface area contributed by atoms with Crippen LogP contribution in [0.1, 0.15) is 5.56 Å². The van der Waals surface area contributed by atoms with Crippen LogP contribution in [-0.2, 0) is 6.42 Å². The van der Waals surface area contributed by atoms with E-state index in [1.165, 1.54) is 16.0 Å². The first-order valence-electron chi connectivity index (χ1n) is 4.60. The molecule has 0 aliphatic carbocycles. The Bertz CT molecular complexity index is 481. The number of hydrogen-bond acceptors (Lipinski definition) is 4. The lowest BCUT2D eigenvalue weighted by molar-refractivity contribution is 0.299. The van der Waals surface area contributed by atoms with Crippen molar-refractivity contribution in [3.8, 4) is 10.4 Å². The summed E-state index contributed by atoms with van der Waals surface area (Å²) >= 11 is 5.10. The zero-order chi connectivity index (χ0) is 10.7. The molecule has 1 N–H and O–H groups in total. The topological polar surface area (TPSA) is 20.2 Å². The van der Waals surface area contributed by atoms with Crippen LogP contribution in [0.5, 0.6) is 0 Å². The van der Waals surface area contributed by atoms with Crippen molar-refractivity contribution >= 4 is 32.9 Å². The molecule has 0 bridgehead atoms. The molecular weight excluding hydrogens is 244 g/mol. The Morgan fingerprint density at radius 2 is 1.87 bits per heavy atom. The van der Waals surface area contributed by atoms with Gasteiger partial charge in [-0.1, -0.05) is 57.2 Å². The smallest absolute Gasteiger partial charge is 0.102 e. The zero-order valence-electron chi connectivity index (χ0n) is 7.97. The minimum absolute atomic E-state index is 0.205. The van der Waals surface area contributed by atoms with Crippen LogP contribution < -0.4 is 0 Å². The van der Waals surface area contributed by atoms with Crippen molar-refractivity contribution < 1.29 is 5.11 Å². The molecule has 0 aliphatic rings. The van der Waals surface area contributed by atoms with Crippen molar-refractivity contribution in [3.05, 3.63) is 39.7 Å². The Kier molecular flexibility index (Phi) is 3.64. The van der Waals surface area contributed by atoms with Gasteiger partial charge in [0.05, 0.1) is 0 Å². The van der Waals surface area contributed by atoms with Crippen molar-refractivity contribution in [2.75, 3.05) is 6.61 Å². The van der Waals surface area contributed by atoms with E-state index in [4.69, 9.17) is 17.3 Å². The minimum Gasteiger partial charge on any atom is -0.396 e. The molecule has 1 nitrogen and oxygen atoms in total. The fourth-order valence-corrected chi connectivity index (χ4v) is 3.74. The summed E-state index contributed by atoms with van der Waals surface area (Å²) in [5.74, 6) is 0. The van der Waals surface area contributed by atoms with Crippen LogP contribution in [0.2, 0.25) is 0 Å². The summed E-state index contributed by atoms with van der Waals surface area (Å²) in [4.78, 5) is 1.22.